The van der Waals surface area contributed by atoms with Crippen molar-refractivity contribution < 1.29 is 13.7 Å². The van der Waals surface area contributed by atoms with Crippen molar-refractivity contribution in [1.82, 2.24) is 15.0 Å². The first-order chi connectivity index (χ1) is 11.2. The predicted octanol–water partition coefficient (Wildman–Crippen LogP) is 3.86. The summed E-state index contributed by atoms with van der Waals surface area (Å²) in [6, 6.07) is 7.21. The molecule has 1 aliphatic rings. The number of nitrogens with zero attached hydrogens (tertiary/aromatic N) is 3. The van der Waals surface area contributed by atoms with Gasteiger partial charge in [0.2, 0.25) is 0 Å². The minimum absolute atomic E-state index is 0.349. The fourth-order valence-corrected chi connectivity index (χ4v) is 2.49. The topological polar surface area (TPSA) is 49.2 Å². The second-order valence-electron chi connectivity index (χ2n) is 6.66. The number of para-hydroxylation sites is 1. The lowest BCUT2D eigenvalue weighted by Gasteiger charge is -2.32. The van der Waals surface area contributed by atoms with E-state index in [-0.39, 0.29) is 0 Å². The van der Waals surface area contributed by atoms with Crippen molar-refractivity contribution in [2.24, 2.45) is 0 Å². The van der Waals surface area contributed by atoms with E-state index in [1.165, 1.54) is 10.8 Å². The molecule has 24 heavy (non-hydrogen) atoms. The number of benzene rings is 1. The first kappa shape index (κ1) is 17.1. The molecule has 0 bridgehead atoms. The fraction of sp³-hybridized carbons (Fsp3) is 0.375. The summed E-state index contributed by atoms with van der Waals surface area (Å²) in [5, 5.41) is 8.45. The highest BCUT2D eigenvalue weighted by molar-refractivity contribution is 6.54. The smallest absolute Gasteiger partial charge is 0.398 e. The Morgan fingerprint density at radius 1 is 1.21 bits per heavy atom. The molecule has 0 saturated carbocycles. The summed E-state index contributed by atoms with van der Waals surface area (Å²) in [4.78, 5) is 0. The molecule has 3 rings (SSSR count). The molecule has 0 amide bonds. The first-order valence-electron chi connectivity index (χ1n) is 7.60. The van der Waals surface area contributed by atoms with Crippen LogP contribution in [0.5, 0.6) is 0 Å². The number of rotatable bonds is 3. The molecular formula is C16H18BClFN3O2. The molecule has 8 heteroatoms. The van der Waals surface area contributed by atoms with Gasteiger partial charge in [-0.2, -0.15) is 0 Å². The van der Waals surface area contributed by atoms with Crippen molar-refractivity contribution in [3.63, 3.8) is 0 Å². The molecule has 0 radical (unpaired) electrons. The van der Waals surface area contributed by atoms with Gasteiger partial charge in [0.1, 0.15) is 11.4 Å². The Hall–Kier alpha value is -1.70. The quantitative estimate of drug-likeness (QED) is 0.790. The van der Waals surface area contributed by atoms with E-state index in [2.05, 4.69) is 10.3 Å². The molecule has 0 spiro atoms. The molecule has 1 aromatic carbocycles. The Morgan fingerprint density at radius 2 is 1.83 bits per heavy atom. The number of halogens is 2. The van der Waals surface area contributed by atoms with Crippen molar-refractivity contribution in [3.8, 4) is 5.69 Å². The zero-order valence-corrected chi connectivity index (χ0v) is 14.7. The van der Waals surface area contributed by atoms with Crippen LogP contribution < -0.4 is 0 Å². The van der Waals surface area contributed by atoms with E-state index in [0.29, 0.717) is 16.4 Å². The molecule has 0 unspecified atom stereocenters. The number of hydrogen-bond acceptors (Lipinski definition) is 4. The second-order valence-corrected chi connectivity index (χ2v) is 7.06. The maximum absolute atomic E-state index is 14.5. The average Bonchev–Trinajstić information content (AvgIpc) is 3.02. The van der Waals surface area contributed by atoms with Gasteiger partial charge in [-0.15, -0.1) is 5.10 Å². The molecule has 5 nitrogen and oxygen atoms in total. The highest BCUT2D eigenvalue weighted by Gasteiger charge is 2.53. The van der Waals surface area contributed by atoms with Crippen LogP contribution in [0.3, 0.4) is 0 Å². The van der Waals surface area contributed by atoms with E-state index in [1.807, 2.05) is 39.8 Å². The first-order valence-corrected chi connectivity index (χ1v) is 7.97. The van der Waals surface area contributed by atoms with E-state index in [0.717, 1.165) is 0 Å². The van der Waals surface area contributed by atoms with Crippen LogP contribution >= 0.6 is 11.6 Å². The molecule has 2 heterocycles. The Balaban J connectivity index is 1.82. The van der Waals surface area contributed by atoms with Gasteiger partial charge in [0.15, 0.2) is 0 Å². The van der Waals surface area contributed by atoms with Crippen molar-refractivity contribution in [1.29, 1.82) is 0 Å². The van der Waals surface area contributed by atoms with Crippen LogP contribution in [0.4, 0.5) is 4.39 Å². The lowest BCUT2D eigenvalue weighted by atomic mass is 9.87. The lowest BCUT2D eigenvalue weighted by molar-refractivity contribution is 0.00578. The molecule has 0 aliphatic carbocycles. The Kier molecular flexibility index (Phi) is 4.27. The highest BCUT2D eigenvalue weighted by Crippen LogP contribution is 2.39. The van der Waals surface area contributed by atoms with Gasteiger partial charge < -0.3 is 9.31 Å². The molecule has 2 aromatic rings. The lowest BCUT2D eigenvalue weighted by Crippen LogP contribution is -2.41. The highest BCUT2D eigenvalue weighted by atomic mass is 35.5. The molecule has 1 fully saturated rings. The second kappa shape index (κ2) is 5.99. The van der Waals surface area contributed by atoms with Gasteiger partial charge in [0.05, 0.1) is 28.1 Å². The van der Waals surface area contributed by atoms with Gasteiger partial charge in [0, 0.05) is 0 Å². The normalized spacial score (nSPS) is 19.8. The third-order valence-corrected chi connectivity index (χ3v) is 4.69. The van der Waals surface area contributed by atoms with Gasteiger partial charge >= 0.3 is 7.12 Å². The SMILES string of the molecule is CC1(C)OB(C(F)=Cc2cn(-c3ccccc3Cl)nn2)OC1(C)C. The predicted molar refractivity (Wildman–Crippen MR) is 91.5 cm³/mol. The standard InChI is InChI=1S/C16H18BClFN3O2/c1-15(2)16(3,4)24-17(23-15)14(19)9-11-10-22(21-20-11)13-8-6-5-7-12(13)18/h5-10H,1-4H3. The van der Waals surface area contributed by atoms with Gasteiger partial charge in [-0.3, -0.25) is 0 Å². The summed E-state index contributed by atoms with van der Waals surface area (Å²) in [5.41, 5.74) is -0.736. The maximum Gasteiger partial charge on any atom is 0.525 e. The van der Waals surface area contributed by atoms with Gasteiger partial charge in [0.25, 0.3) is 0 Å². The van der Waals surface area contributed by atoms with Crippen LogP contribution in [0.15, 0.2) is 36.2 Å². The zero-order valence-electron chi connectivity index (χ0n) is 14.0. The van der Waals surface area contributed by atoms with Crippen molar-refractivity contribution in [3.05, 3.63) is 46.9 Å². The summed E-state index contributed by atoms with van der Waals surface area (Å²) in [5.74, 6) is 0. The Morgan fingerprint density at radius 3 is 2.46 bits per heavy atom. The van der Waals surface area contributed by atoms with E-state index < -0.39 is 24.0 Å². The van der Waals surface area contributed by atoms with Crippen LogP contribution in [-0.4, -0.2) is 33.3 Å². The van der Waals surface area contributed by atoms with Crippen LogP contribution in [0.1, 0.15) is 33.4 Å². The average molecular weight is 350 g/mol. The van der Waals surface area contributed by atoms with E-state index in [9.17, 15) is 4.39 Å². The van der Waals surface area contributed by atoms with E-state index >= 15 is 0 Å². The summed E-state index contributed by atoms with van der Waals surface area (Å²) in [7, 11) is -1.06. The summed E-state index contributed by atoms with van der Waals surface area (Å²) < 4.78 is 27.3. The van der Waals surface area contributed by atoms with E-state index in [4.69, 9.17) is 20.9 Å². The largest absolute Gasteiger partial charge is 0.525 e. The minimum Gasteiger partial charge on any atom is -0.398 e. The van der Waals surface area contributed by atoms with Crippen molar-refractivity contribution in [2.45, 2.75) is 38.9 Å². The Bertz CT molecular complexity index is 775. The third-order valence-electron chi connectivity index (χ3n) is 4.37. The molecular weight excluding hydrogens is 331 g/mol. The van der Waals surface area contributed by atoms with Crippen molar-refractivity contribution >= 4 is 24.8 Å². The van der Waals surface area contributed by atoms with Crippen LogP contribution in [0.25, 0.3) is 11.8 Å². The molecule has 126 valence electrons. The summed E-state index contributed by atoms with van der Waals surface area (Å²) in [6.07, 6.45) is 2.84. The molecule has 0 atom stereocenters. The monoisotopic (exact) mass is 349 g/mol. The van der Waals surface area contributed by atoms with Crippen molar-refractivity contribution in [2.75, 3.05) is 0 Å². The number of hydrogen-bond donors (Lipinski definition) is 0. The third kappa shape index (κ3) is 3.11. The minimum atomic E-state index is -1.06. The maximum atomic E-state index is 14.5. The van der Waals surface area contributed by atoms with Gasteiger partial charge in [-0.1, -0.05) is 28.9 Å². The van der Waals surface area contributed by atoms with E-state index in [1.54, 1.807) is 18.3 Å². The summed E-state index contributed by atoms with van der Waals surface area (Å²) in [6.45, 7) is 7.48. The summed E-state index contributed by atoms with van der Waals surface area (Å²) >= 11 is 6.12. The van der Waals surface area contributed by atoms with Crippen LogP contribution in [0, 0.1) is 0 Å². The molecule has 0 N–H and O–H groups in total. The van der Waals surface area contributed by atoms with Crippen LogP contribution in [0.2, 0.25) is 5.02 Å². The van der Waals surface area contributed by atoms with Gasteiger partial charge in [-0.25, -0.2) is 9.07 Å². The molecule has 1 aliphatic heterocycles. The van der Waals surface area contributed by atoms with Crippen LogP contribution in [-0.2, 0) is 9.31 Å². The molecule has 1 saturated heterocycles. The molecule has 1 aromatic heterocycles. The van der Waals surface area contributed by atoms with Gasteiger partial charge in [-0.05, 0) is 45.9 Å². The zero-order chi connectivity index (χ0) is 17.5. The number of aromatic nitrogens is 3. The fourth-order valence-electron chi connectivity index (χ4n) is 2.26. The Labute approximate surface area is 145 Å².